The van der Waals surface area contributed by atoms with Gasteiger partial charge in [0.1, 0.15) is 6.04 Å². The average Bonchev–Trinajstić information content (AvgIpc) is 2.73. The number of nitrogens with one attached hydrogen (secondary N) is 1. The van der Waals surface area contributed by atoms with Crippen LogP contribution in [0.5, 0.6) is 0 Å². The molecule has 3 rings (SSSR count). The number of alkyl halides is 3. The second kappa shape index (κ2) is 10.7. The summed E-state index contributed by atoms with van der Waals surface area (Å²) in [6.45, 7) is 11.2. The van der Waals surface area contributed by atoms with Crippen molar-refractivity contribution in [1.29, 1.82) is 0 Å². The van der Waals surface area contributed by atoms with Crippen molar-refractivity contribution in [2.24, 2.45) is 0 Å². The molecule has 1 saturated heterocycles. The van der Waals surface area contributed by atoms with E-state index in [1.54, 1.807) is 0 Å². The van der Waals surface area contributed by atoms with Crippen LogP contribution in [0.1, 0.15) is 50.4 Å². The largest absolute Gasteiger partial charge is 0.416 e. The van der Waals surface area contributed by atoms with Gasteiger partial charge in [0.05, 0.1) is 5.56 Å². The number of nitrogens with zero attached hydrogens (tertiary/aromatic N) is 2. The van der Waals surface area contributed by atoms with E-state index in [9.17, 15) is 18.0 Å². The number of benzene rings is 2. The molecule has 0 aliphatic carbocycles. The molecule has 1 unspecified atom stereocenters. The number of hydrogen-bond donors (Lipinski definition) is 1. The molecule has 1 aliphatic heterocycles. The third-order valence-corrected chi connectivity index (χ3v) is 6.42. The zero-order valence-electron chi connectivity index (χ0n) is 20.1. The number of hydrogen-bond acceptors (Lipinski definition) is 3. The minimum Gasteiger partial charge on any atom is -0.349 e. The van der Waals surface area contributed by atoms with Gasteiger partial charge in [-0.05, 0) is 63.4 Å². The summed E-state index contributed by atoms with van der Waals surface area (Å²) < 4.78 is 39.7. The zero-order chi connectivity index (χ0) is 25.1. The first kappa shape index (κ1) is 26.5. The van der Waals surface area contributed by atoms with E-state index in [1.165, 1.54) is 6.07 Å². The van der Waals surface area contributed by atoms with Crippen LogP contribution in [-0.2, 0) is 17.4 Å². The molecule has 0 radical (unpaired) electrons. The van der Waals surface area contributed by atoms with Crippen LogP contribution in [-0.4, -0.2) is 53.5 Å². The molecule has 1 fully saturated rings. The standard InChI is InChI=1S/C26H33ClF3N3O/c1-18(2)32-10-12-33(13-11-32)23(20-8-6-5-7-9-20)24(34)31-25(3,4)17-19-14-21(26(28,29)30)16-22(27)15-19/h5-9,14-16,18,23H,10-13,17H2,1-4H3,(H,31,34). The fraction of sp³-hybridized carbons (Fsp3) is 0.500. The van der Waals surface area contributed by atoms with Crippen LogP contribution in [0.4, 0.5) is 13.2 Å². The molecule has 0 saturated carbocycles. The minimum atomic E-state index is -4.48. The Morgan fingerprint density at radius 3 is 2.15 bits per heavy atom. The topological polar surface area (TPSA) is 35.6 Å². The molecule has 0 spiro atoms. The molecular weight excluding hydrogens is 463 g/mol. The lowest BCUT2D eigenvalue weighted by atomic mass is 9.92. The van der Waals surface area contributed by atoms with Crippen molar-refractivity contribution in [1.82, 2.24) is 15.1 Å². The van der Waals surface area contributed by atoms with Crippen LogP contribution in [0.15, 0.2) is 48.5 Å². The average molecular weight is 496 g/mol. The third kappa shape index (κ3) is 6.96. The van der Waals surface area contributed by atoms with Crippen molar-refractivity contribution in [2.75, 3.05) is 26.2 Å². The Hall–Kier alpha value is -2.09. The molecule has 186 valence electrons. The normalized spacial score (nSPS) is 17.1. The predicted octanol–water partition coefficient (Wildman–Crippen LogP) is 5.56. The van der Waals surface area contributed by atoms with Gasteiger partial charge in [-0.1, -0.05) is 41.9 Å². The SMILES string of the molecule is CC(C)N1CCN(C(C(=O)NC(C)(C)Cc2cc(Cl)cc(C(F)(F)F)c2)c2ccccc2)CC1. The molecule has 2 aromatic carbocycles. The Labute approximate surface area is 205 Å². The van der Waals surface area contributed by atoms with E-state index in [4.69, 9.17) is 11.6 Å². The van der Waals surface area contributed by atoms with Crippen molar-refractivity contribution in [2.45, 2.75) is 57.9 Å². The fourth-order valence-corrected chi connectivity index (χ4v) is 4.81. The minimum absolute atomic E-state index is 0.0251. The fourth-order valence-electron chi connectivity index (χ4n) is 4.55. The molecular formula is C26H33ClF3N3O. The van der Waals surface area contributed by atoms with Gasteiger partial charge in [-0.3, -0.25) is 14.6 Å². The number of halogens is 4. The Balaban J connectivity index is 1.79. The summed E-state index contributed by atoms with van der Waals surface area (Å²) in [4.78, 5) is 18.2. The second-order valence-electron chi connectivity index (χ2n) is 9.87. The summed E-state index contributed by atoms with van der Waals surface area (Å²) in [5.41, 5.74) is -0.248. The van der Waals surface area contributed by atoms with Gasteiger partial charge in [-0.25, -0.2) is 0 Å². The predicted molar refractivity (Wildman–Crippen MR) is 130 cm³/mol. The monoisotopic (exact) mass is 495 g/mol. The van der Waals surface area contributed by atoms with Gasteiger partial charge in [-0.15, -0.1) is 0 Å². The molecule has 1 atom stereocenters. The van der Waals surface area contributed by atoms with Crippen LogP contribution in [0, 0.1) is 0 Å². The quantitative estimate of drug-likeness (QED) is 0.546. The van der Waals surface area contributed by atoms with Gasteiger partial charge in [0.15, 0.2) is 0 Å². The molecule has 1 N–H and O–H groups in total. The van der Waals surface area contributed by atoms with E-state index in [0.717, 1.165) is 43.9 Å². The number of amides is 1. The van der Waals surface area contributed by atoms with Crippen molar-refractivity contribution in [3.63, 3.8) is 0 Å². The zero-order valence-corrected chi connectivity index (χ0v) is 20.9. The van der Waals surface area contributed by atoms with E-state index in [-0.39, 0.29) is 17.4 Å². The number of rotatable bonds is 7. The molecule has 1 heterocycles. The van der Waals surface area contributed by atoms with Gasteiger partial charge in [0.2, 0.25) is 5.91 Å². The summed E-state index contributed by atoms with van der Waals surface area (Å²) in [7, 11) is 0. The highest BCUT2D eigenvalue weighted by atomic mass is 35.5. The smallest absolute Gasteiger partial charge is 0.349 e. The first-order chi connectivity index (χ1) is 15.9. The van der Waals surface area contributed by atoms with E-state index >= 15 is 0 Å². The van der Waals surface area contributed by atoms with Crippen LogP contribution in [0.25, 0.3) is 0 Å². The summed E-state index contributed by atoms with van der Waals surface area (Å²) in [6, 6.07) is 13.1. The highest BCUT2D eigenvalue weighted by Gasteiger charge is 2.35. The number of carbonyl (C=O) groups is 1. The van der Waals surface area contributed by atoms with Gasteiger partial charge in [0, 0.05) is 42.8 Å². The molecule has 0 aromatic heterocycles. The Kier molecular flexibility index (Phi) is 8.32. The summed E-state index contributed by atoms with van der Waals surface area (Å²) >= 11 is 5.96. The van der Waals surface area contributed by atoms with Gasteiger partial charge in [0.25, 0.3) is 0 Å². The van der Waals surface area contributed by atoms with Gasteiger partial charge in [-0.2, -0.15) is 13.2 Å². The maximum Gasteiger partial charge on any atom is 0.416 e. The molecule has 34 heavy (non-hydrogen) atoms. The first-order valence-electron chi connectivity index (χ1n) is 11.6. The molecule has 8 heteroatoms. The molecule has 1 aliphatic rings. The van der Waals surface area contributed by atoms with E-state index < -0.39 is 23.3 Å². The molecule has 0 bridgehead atoms. The highest BCUT2D eigenvalue weighted by molar-refractivity contribution is 6.30. The van der Waals surface area contributed by atoms with Gasteiger partial charge >= 0.3 is 6.18 Å². The van der Waals surface area contributed by atoms with Gasteiger partial charge < -0.3 is 5.32 Å². The summed E-state index contributed by atoms with van der Waals surface area (Å²) in [5.74, 6) is -0.160. The Morgan fingerprint density at radius 1 is 1.00 bits per heavy atom. The van der Waals surface area contributed by atoms with Crippen LogP contribution in [0.2, 0.25) is 5.02 Å². The van der Waals surface area contributed by atoms with Crippen LogP contribution < -0.4 is 5.32 Å². The Morgan fingerprint density at radius 2 is 1.59 bits per heavy atom. The summed E-state index contributed by atoms with van der Waals surface area (Å²) in [6.07, 6.45) is -4.27. The number of piperazine rings is 1. The van der Waals surface area contributed by atoms with Crippen molar-refractivity contribution in [3.05, 3.63) is 70.2 Å². The van der Waals surface area contributed by atoms with Crippen LogP contribution >= 0.6 is 11.6 Å². The molecule has 4 nitrogen and oxygen atoms in total. The third-order valence-electron chi connectivity index (χ3n) is 6.20. The number of carbonyl (C=O) groups excluding carboxylic acids is 1. The van der Waals surface area contributed by atoms with E-state index in [0.29, 0.717) is 11.6 Å². The molecule has 1 amide bonds. The van der Waals surface area contributed by atoms with Crippen molar-refractivity contribution >= 4 is 17.5 Å². The maximum absolute atomic E-state index is 13.6. The van der Waals surface area contributed by atoms with Crippen molar-refractivity contribution < 1.29 is 18.0 Å². The van der Waals surface area contributed by atoms with E-state index in [2.05, 4.69) is 29.0 Å². The summed E-state index contributed by atoms with van der Waals surface area (Å²) in [5, 5.41) is 3.12. The maximum atomic E-state index is 13.6. The van der Waals surface area contributed by atoms with Crippen LogP contribution in [0.3, 0.4) is 0 Å². The van der Waals surface area contributed by atoms with Crippen molar-refractivity contribution in [3.8, 4) is 0 Å². The second-order valence-corrected chi connectivity index (χ2v) is 10.3. The lowest BCUT2D eigenvalue weighted by Crippen LogP contribution is -2.55. The first-order valence-corrected chi connectivity index (χ1v) is 12.0. The lowest BCUT2D eigenvalue weighted by Gasteiger charge is -2.41. The van der Waals surface area contributed by atoms with E-state index in [1.807, 2.05) is 44.2 Å². The Bertz CT molecular complexity index is 971. The lowest BCUT2D eigenvalue weighted by molar-refractivity contribution is -0.137. The molecule has 2 aromatic rings. The highest BCUT2D eigenvalue weighted by Crippen LogP contribution is 2.33.